The first-order valence-electron chi connectivity index (χ1n) is 3.48. The van der Waals surface area contributed by atoms with E-state index in [0.717, 1.165) is 0 Å². The fourth-order valence-electron chi connectivity index (χ4n) is 1.09. The van der Waals surface area contributed by atoms with E-state index in [2.05, 4.69) is 0 Å². The number of hydrogen-bond donors (Lipinski definition) is 0. The normalized spacial score (nSPS) is 13.1. The smallest absolute Gasteiger partial charge is 0.253 e. The third-order valence-electron chi connectivity index (χ3n) is 1.69. The Morgan fingerprint density at radius 1 is 1.46 bits per heavy atom. The highest BCUT2D eigenvalue weighted by Crippen LogP contribution is 2.38. The Morgan fingerprint density at radius 3 is 2.92 bits per heavy atom. The molecular formula is C8H4ClIO3. The van der Waals surface area contributed by atoms with E-state index in [4.69, 9.17) is 21.1 Å². The van der Waals surface area contributed by atoms with E-state index in [-0.39, 0.29) is 6.79 Å². The summed E-state index contributed by atoms with van der Waals surface area (Å²) >= 11 is 7.38. The maximum absolute atomic E-state index is 10.9. The molecular weight excluding hydrogens is 306 g/mol. The minimum atomic E-state index is -0.484. The molecule has 0 saturated carbocycles. The number of rotatable bonds is 1. The number of carbonyl (C=O) groups excluding carboxylic acids is 1. The Labute approximate surface area is 93.1 Å². The fraction of sp³-hybridized carbons (Fsp3) is 0.125. The standard InChI is InChI=1S/C8H4ClIO3/c9-8(11)4-1-2-5-7(6(4)10)13-3-12-5/h1-2H,3H2. The van der Waals surface area contributed by atoms with Crippen LogP contribution < -0.4 is 9.47 Å². The second kappa shape index (κ2) is 3.34. The first-order valence-corrected chi connectivity index (χ1v) is 4.94. The van der Waals surface area contributed by atoms with Crippen molar-refractivity contribution in [1.82, 2.24) is 0 Å². The van der Waals surface area contributed by atoms with Crippen molar-refractivity contribution >= 4 is 39.4 Å². The van der Waals surface area contributed by atoms with Crippen LogP contribution in [0.2, 0.25) is 0 Å². The third kappa shape index (κ3) is 1.48. The molecule has 1 aliphatic rings. The highest BCUT2D eigenvalue weighted by Gasteiger charge is 2.21. The van der Waals surface area contributed by atoms with Gasteiger partial charge in [0.25, 0.3) is 5.24 Å². The topological polar surface area (TPSA) is 35.5 Å². The van der Waals surface area contributed by atoms with Crippen molar-refractivity contribution in [3.8, 4) is 11.5 Å². The molecule has 0 saturated heterocycles. The van der Waals surface area contributed by atoms with Gasteiger partial charge in [0.05, 0.1) is 9.13 Å². The largest absolute Gasteiger partial charge is 0.454 e. The lowest BCUT2D eigenvalue weighted by Crippen LogP contribution is -1.95. The number of ether oxygens (including phenoxy) is 2. The van der Waals surface area contributed by atoms with Crippen LogP contribution in [0.5, 0.6) is 11.5 Å². The molecule has 0 N–H and O–H groups in total. The molecule has 1 heterocycles. The quantitative estimate of drug-likeness (QED) is 0.590. The van der Waals surface area contributed by atoms with Crippen LogP contribution in [-0.2, 0) is 0 Å². The first-order chi connectivity index (χ1) is 6.20. The summed E-state index contributed by atoms with van der Waals surface area (Å²) in [5.41, 5.74) is 0.450. The molecule has 0 aliphatic carbocycles. The molecule has 0 amide bonds. The third-order valence-corrected chi connectivity index (χ3v) is 2.97. The van der Waals surface area contributed by atoms with Gasteiger partial charge < -0.3 is 9.47 Å². The zero-order valence-corrected chi connectivity index (χ0v) is 9.26. The maximum Gasteiger partial charge on any atom is 0.253 e. The van der Waals surface area contributed by atoms with Crippen molar-refractivity contribution in [2.24, 2.45) is 0 Å². The van der Waals surface area contributed by atoms with Gasteiger partial charge in [-0.15, -0.1) is 0 Å². The van der Waals surface area contributed by atoms with Crippen molar-refractivity contribution in [3.63, 3.8) is 0 Å². The van der Waals surface area contributed by atoms with Gasteiger partial charge in [-0.1, -0.05) is 0 Å². The molecule has 0 bridgehead atoms. The van der Waals surface area contributed by atoms with Gasteiger partial charge in [-0.25, -0.2) is 0 Å². The van der Waals surface area contributed by atoms with Gasteiger partial charge in [0.1, 0.15) is 0 Å². The lowest BCUT2D eigenvalue weighted by Gasteiger charge is -2.02. The van der Waals surface area contributed by atoms with Crippen LogP contribution in [0.4, 0.5) is 0 Å². The molecule has 13 heavy (non-hydrogen) atoms. The lowest BCUT2D eigenvalue weighted by molar-refractivity contribution is 0.108. The molecule has 68 valence electrons. The summed E-state index contributed by atoms with van der Waals surface area (Å²) in [6, 6.07) is 3.31. The molecule has 0 radical (unpaired) electrons. The van der Waals surface area contributed by atoms with Crippen molar-refractivity contribution < 1.29 is 14.3 Å². The number of fused-ring (bicyclic) bond motifs is 1. The van der Waals surface area contributed by atoms with Gasteiger partial charge in [0.2, 0.25) is 6.79 Å². The summed E-state index contributed by atoms with van der Waals surface area (Å²) in [5.74, 6) is 1.26. The molecule has 0 aromatic heterocycles. The summed E-state index contributed by atoms with van der Waals surface area (Å²) in [7, 11) is 0. The molecule has 1 aromatic carbocycles. The van der Waals surface area contributed by atoms with Gasteiger partial charge in [-0.2, -0.15) is 0 Å². The van der Waals surface area contributed by atoms with Crippen molar-refractivity contribution in [2.45, 2.75) is 0 Å². The predicted octanol–water partition coefficient (Wildman–Crippen LogP) is 2.40. The van der Waals surface area contributed by atoms with E-state index >= 15 is 0 Å². The molecule has 5 heteroatoms. The fourth-order valence-corrected chi connectivity index (χ4v) is 2.25. The maximum atomic E-state index is 10.9. The SMILES string of the molecule is O=C(Cl)c1ccc2c(c1I)OCO2. The zero-order chi connectivity index (χ0) is 9.42. The summed E-state index contributed by atoms with van der Waals surface area (Å²) in [6.07, 6.45) is 0. The van der Waals surface area contributed by atoms with Crippen molar-refractivity contribution in [3.05, 3.63) is 21.3 Å². The molecule has 1 aromatic rings. The van der Waals surface area contributed by atoms with E-state index in [1.807, 2.05) is 22.6 Å². The summed E-state index contributed by atoms with van der Waals surface area (Å²) in [5, 5.41) is -0.484. The Morgan fingerprint density at radius 2 is 2.23 bits per heavy atom. The van der Waals surface area contributed by atoms with Crippen LogP contribution in [0.25, 0.3) is 0 Å². The Hall–Kier alpha value is -0.490. The summed E-state index contributed by atoms with van der Waals surface area (Å²) in [4.78, 5) is 10.9. The van der Waals surface area contributed by atoms with Crippen LogP contribution in [0.1, 0.15) is 10.4 Å². The van der Waals surface area contributed by atoms with Crippen LogP contribution in [0.15, 0.2) is 12.1 Å². The van der Waals surface area contributed by atoms with Crippen LogP contribution >= 0.6 is 34.2 Å². The molecule has 3 nitrogen and oxygen atoms in total. The molecule has 0 spiro atoms. The number of carbonyl (C=O) groups is 1. The highest BCUT2D eigenvalue weighted by molar-refractivity contribution is 14.1. The Balaban J connectivity index is 2.59. The van der Waals surface area contributed by atoms with E-state index in [0.29, 0.717) is 20.6 Å². The minimum absolute atomic E-state index is 0.200. The minimum Gasteiger partial charge on any atom is -0.454 e. The molecule has 0 unspecified atom stereocenters. The number of benzene rings is 1. The number of hydrogen-bond acceptors (Lipinski definition) is 3. The Kier molecular flexibility index (Phi) is 2.33. The summed E-state index contributed by atoms with van der Waals surface area (Å²) < 4.78 is 11.0. The summed E-state index contributed by atoms with van der Waals surface area (Å²) in [6.45, 7) is 0.200. The number of halogens is 2. The van der Waals surface area contributed by atoms with Crippen LogP contribution in [0.3, 0.4) is 0 Å². The zero-order valence-electron chi connectivity index (χ0n) is 6.34. The lowest BCUT2D eigenvalue weighted by atomic mass is 10.2. The predicted molar refractivity (Wildman–Crippen MR) is 55.5 cm³/mol. The van der Waals surface area contributed by atoms with Gasteiger partial charge in [0.15, 0.2) is 11.5 Å². The highest BCUT2D eigenvalue weighted by atomic mass is 127. The van der Waals surface area contributed by atoms with Crippen molar-refractivity contribution in [2.75, 3.05) is 6.79 Å². The monoisotopic (exact) mass is 310 g/mol. The van der Waals surface area contributed by atoms with Gasteiger partial charge in [-0.3, -0.25) is 4.79 Å². The molecule has 0 atom stereocenters. The average Bonchev–Trinajstić information content (AvgIpc) is 2.52. The Bertz CT molecular complexity index is 378. The van der Waals surface area contributed by atoms with Gasteiger partial charge in [-0.05, 0) is 46.3 Å². The second-order valence-corrected chi connectivity index (χ2v) is 3.86. The van der Waals surface area contributed by atoms with Crippen molar-refractivity contribution in [1.29, 1.82) is 0 Å². The van der Waals surface area contributed by atoms with E-state index in [1.165, 1.54) is 0 Å². The molecule has 1 aliphatic heterocycles. The van der Waals surface area contributed by atoms with E-state index in [1.54, 1.807) is 12.1 Å². The van der Waals surface area contributed by atoms with Gasteiger partial charge >= 0.3 is 0 Å². The van der Waals surface area contributed by atoms with Crippen LogP contribution in [-0.4, -0.2) is 12.0 Å². The van der Waals surface area contributed by atoms with Gasteiger partial charge in [0, 0.05) is 0 Å². The van der Waals surface area contributed by atoms with E-state index < -0.39 is 5.24 Å². The second-order valence-electron chi connectivity index (χ2n) is 2.43. The van der Waals surface area contributed by atoms with E-state index in [9.17, 15) is 4.79 Å². The molecule has 2 rings (SSSR count). The molecule has 0 fully saturated rings. The first kappa shape index (κ1) is 9.08. The average molecular weight is 310 g/mol. The van der Waals surface area contributed by atoms with Crippen LogP contribution in [0, 0.1) is 3.57 Å².